The minimum Gasteiger partial charge on any atom is -0.467 e. The molecular formula is C23H19BrN2O4. The first-order chi connectivity index (χ1) is 14.4. The molecule has 0 unspecified atom stereocenters. The number of hydrogen-bond acceptors (Lipinski definition) is 4. The SMILES string of the molecule is Cc1ccc(N2C(=O)N(C(=O)c3ccc(Br)o3)[C@H]3C[C@]2(C)Oc2ccccc23)cc1. The number of benzene rings is 2. The molecule has 3 aromatic rings. The molecule has 7 heteroatoms. The lowest BCUT2D eigenvalue weighted by molar-refractivity contribution is 0.00170. The largest absolute Gasteiger partial charge is 0.467 e. The van der Waals surface area contributed by atoms with E-state index in [0.717, 1.165) is 11.1 Å². The molecule has 0 radical (unpaired) electrons. The summed E-state index contributed by atoms with van der Waals surface area (Å²) in [5, 5.41) is 0. The minimum absolute atomic E-state index is 0.103. The Balaban J connectivity index is 1.67. The van der Waals surface area contributed by atoms with Crippen molar-refractivity contribution < 1.29 is 18.7 Å². The summed E-state index contributed by atoms with van der Waals surface area (Å²) in [6, 6.07) is 17.5. The number of hydrogen-bond donors (Lipinski definition) is 0. The van der Waals surface area contributed by atoms with E-state index in [0.29, 0.717) is 22.5 Å². The zero-order chi connectivity index (χ0) is 21.0. The molecule has 30 heavy (non-hydrogen) atoms. The number of urea groups is 1. The van der Waals surface area contributed by atoms with Crippen LogP contribution in [0.25, 0.3) is 0 Å². The van der Waals surface area contributed by atoms with Gasteiger partial charge in [0.1, 0.15) is 5.75 Å². The third-order valence-electron chi connectivity index (χ3n) is 5.66. The van der Waals surface area contributed by atoms with Crippen LogP contribution in [0.2, 0.25) is 0 Å². The molecule has 0 spiro atoms. The smallest absolute Gasteiger partial charge is 0.335 e. The zero-order valence-electron chi connectivity index (χ0n) is 16.5. The van der Waals surface area contributed by atoms with E-state index in [2.05, 4.69) is 15.9 Å². The number of nitrogens with zero attached hydrogens (tertiary/aromatic N) is 2. The van der Waals surface area contributed by atoms with Gasteiger partial charge in [0.05, 0.1) is 6.04 Å². The number of fused-ring (bicyclic) bond motifs is 4. The van der Waals surface area contributed by atoms with Crippen LogP contribution in [0.15, 0.2) is 69.8 Å². The van der Waals surface area contributed by atoms with Gasteiger partial charge in [-0.05, 0) is 60.1 Å². The second-order valence-corrected chi connectivity index (χ2v) is 8.55. The minimum atomic E-state index is -0.925. The second kappa shape index (κ2) is 6.74. The molecule has 6 nitrogen and oxygen atoms in total. The maximum Gasteiger partial charge on any atom is 0.335 e. The number of amides is 3. The predicted molar refractivity (Wildman–Crippen MR) is 114 cm³/mol. The Kier molecular flexibility index (Phi) is 4.25. The monoisotopic (exact) mass is 466 g/mol. The molecule has 0 N–H and O–H groups in total. The summed E-state index contributed by atoms with van der Waals surface area (Å²) in [5.74, 6) is 0.289. The molecule has 3 amide bonds. The zero-order valence-corrected chi connectivity index (χ0v) is 18.0. The van der Waals surface area contributed by atoms with Crippen LogP contribution in [0.4, 0.5) is 10.5 Å². The fourth-order valence-corrected chi connectivity index (χ4v) is 4.57. The number of para-hydroxylation sites is 1. The van der Waals surface area contributed by atoms with Gasteiger partial charge < -0.3 is 9.15 Å². The highest BCUT2D eigenvalue weighted by Crippen LogP contribution is 2.49. The summed E-state index contributed by atoms with van der Waals surface area (Å²) < 4.78 is 12.2. The predicted octanol–water partition coefficient (Wildman–Crippen LogP) is 5.67. The Labute approximate surface area is 182 Å². The summed E-state index contributed by atoms with van der Waals surface area (Å²) >= 11 is 3.23. The van der Waals surface area contributed by atoms with Crippen molar-refractivity contribution >= 4 is 33.6 Å². The highest BCUT2D eigenvalue weighted by Gasteiger charge is 2.55. The van der Waals surface area contributed by atoms with E-state index in [9.17, 15) is 9.59 Å². The van der Waals surface area contributed by atoms with Crippen molar-refractivity contribution in [2.24, 2.45) is 0 Å². The van der Waals surface area contributed by atoms with Crippen molar-refractivity contribution in [3.8, 4) is 5.75 Å². The standard InChI is InChI=1S/C23H19BrN2O4/c1-14-7-9-15(10-8-14)26-22(28)25(21(27)19-11-12-20(24)29-19)17-13-23(26,2)30-18-6-4-3-5-16(17)18/h3-12,17H,13H2,1-2H3/t17-,23-/m0/s1. The molecule has 1 fully saturated rings. The van der Waals surface area contributed by atoms with E-state index < -0.39 is 23.7 Å². The highest BCUT2D eigenvalue weighted by atomic mass is 79.9. The second-order valence-electron chi connectivity index (χ2n) is 7.77. The molecule has 152 valence electrons. The van der Waals surface area contributed by atoms with Crippen molar-refractivity contribution in [3.05, 3.63) is 82.2 Å². The van der Waals surface area contributed by atoms with Crippen molar-refractivity contribution in [2.75, 3.05) is 4.90 Å². The first kappa shape index (κ1) is 18.9. The Hall–Kier alpha value is -3.06. The third-order valence-corrected chi connectivity index (χ3v) is 6.08. The fraction of sp³-hybridized carbons (Fsp3) is 0.217. The van der Waals surface area contributed by atoms with Crippen LogP contribution in [0.1, 0.15) is 41.1 Å². The maximum absolute atomic E-state index is 13.8. The molecule has 2 atom stereocenters. The number of halogens is 1. The van der Waals surface area contributed by atoms with Gasteiger partial charge in [0, 0.05) is 17.7 Å². The Morgan fingerprint density at radius 2 is 1.83 bits per heavy atom. The maximum atomic E-state index is 13.8. The Morgan fingerprint density at radius 3 is 2.53 bits per heavy atom. The number of carbonyl (C=O) groups excluding carboxylic acids is 2. The first-order valence-corrected chi connectivity index (χ1v) is 10.4. The van der Waals surface area contributed by atoms with Gasteiger partial charge >= 0.3 is 6.03 Å². The van der Waals surface area contributed by atoms with E-state index >= 15 is 0 Å². The molecule has 3 heterocycles. The van der Waals surface area contributed by atoms with Gasteiger partial charge in [0.2, 0.25) is 0 Å². The number of carbonyl (C=O) groups is 2. The summed E-state index contributed by atoms with van der Waals surface area (Å²) in [4.78, 5) is 30.0. The van der Waals surface area contributed by atoms with Crippen LogP contribution < -0.4 is 9.64 Å². The van der Waals surface area contributed by atoms with Gasteiger partial charge in [-0.15, -0.1) is 0 Å². The topological polar surface area (TPSA) is 63.0 Å². The average molecular weight is 467 g/mol. The van der Waals surface area contributed by atoms with Crippen LogP contribution in [-0.2, 0) is 0 Å². The molecule has 2 aliphatic heterocycles. The van der Waals surface area contributed by atoms with Crippen LogP contribution in [0, 0.1) is 6.92 Å². The lowest BCUT2D eigenvalue weighted by Crippen LogP contribution is -2.67. The third kappa shape index (κ3) is 2.84. The number of ether oxygens (including phenoxy) is 1. The van der Waals surface area contributed by atoms with Gasteiger partial charge in [-0.2, -0.15) is 0 Å². The van der Waals surface area contributed by atoms with Gasteiger partial charge in [0.25, 0.3) is 5.91 Å². The Morgan fingerprint density at radius 1 is 1.10 bits per heavy atom. The molecule has 2 bridgehead atoms. The van der Waals surface area contributed by atoms with Crippen LogP contribution >= 0.6 is 15.9 Å². The van der Waals surface area contributed by atoms with E-state index in [4.69, 9.17) is 9.15 Å². The summed E-state index contributed by atoms with van der Waals surface area (Å²) in [6.45, 7) is 3.87. The van der Waals surface area contributed by atoms with Crippen molar-refractivity contribution in [3.63, 3.8) is 0 Å². The van der Waals surface area contributed by atoms with Crippen LogP contribution in [-0.4, -0.2) is 22.6 Å². The molecule has 2 aliphatic rings. The van der Waals surface area contributed by atoms with Crippen LogP contribution in [0.5, 0.6) is 5.75 Å². The van der Waals surface area contributed by atoms with Crippen molar-refractivity contribution in [1.29, 1.82) is 0 Å². The lowest BCUT2D eigenvalue weighted by Gasteiger charge is -2.53. The van der Waals surface area contributed by atoms with Gasteiger partial charge in [0.15, 0.2) is 16.2 Å². The number of anilines is 1. The number of aryl methyl sites for hydroxylation is 1. The number of rotatable bonds is 2. The lowest BCUT2D eigenvalue weighted by atomic mass is 9.88. The van der Waals surface area contributed by atoms with Gasteiger partial charge in [-0.1, -0.05) is 35.9 Å². The molecule has 2 aromatic carbocycles. The molecule has 0 saturated carbocycles. The number of furan rings is 1. The number of imide groups is 1. The Bertz CT molecular complexity index is 1160. The van der Waals surface area contributed by atoms with Crippen molar-refractivity contribution in [2.45, 2.75) is 32.0 Å². The normalized spacial score (nSPS) is 22.5. The van der Waals surface area contributed by atoms with Gasteiger partial charge in [-0.25, -0.2) is 9.69 Å². The fourth-order valence-electron chi connectivity index (χ4n) is 4.26. The molecular weight excluding hydrogens is 448 g/mol. The van der Waals surface area contributed by atoms with Gasteiger partial charge in [-0.3, -0.25) is 9.69 Å². The summed E-state index contributed by atoms with van der Waals surface area (Å²) in [6.07, 6.45) is 0.442. The summed E-state index contributed by atoms with van der Waals surface area (Å²) in [7, 11) is 0. The molecule has 1 aromatic heterocycles. The van der Waals surface area contributed by atoms with E-state index in [1.807, 2.05) is 62.4 Å². The van der Waals surface area contributed by atoms with Crippen molar-refractivity contribution in [1.82, 2.24) is 4.90 Å². The average Bonchev–Trinajstić information content (AvgIpc) is 3.15. The highest BCUT2D eigenvalue weighted by molar-refractivity contribution is 9.10. The van der Waals surface area contributed by atoms with Crippen LogP contribution in [0.3, 0.4) is 0 Å². The molecule has 1 saturated heterocycles. The molecule has 0 aliphatic carbocycles. The van der Waals surface area contributed by atoms with E-state index in [1.165, 1.54) is 4.90 Å². The first-order valence-electron chi connectivity index (χ1n) is 9.65. The van der Waals surface area contributed by atoms with E-state index in [1.54, 1.807) is 17.0 Å². The quantitative estimate of drug-likeness (QED) is 0.487. The molecule has 5 rings (SSSR count). The summed E-state index contributed by atoms with van der Waals surface area (Å²) in [5.41, 5.74) is 1.64. The van der Waals surface area contributed by atoms with E-state index in [-0.39, 0.29) is 5.76 Å².